The molecule has 3 aliphatic heterocycles. The van der Waals surface area contributed by atoms with E-state index in [0.717, 1.165) is 12.8 Å². The number of nitrogens with zero attached hydrogens (tertiary/aromatic N) is 1. The van der Waals surface area contributed by atoms with Crippen LogP contribution in [-0.2, 0) is 14.3 Å². The largest absolute Gasteiger partial charge is 0.495 e. The van der Waals surface area contributed by atoms with Crippen molar-refractivity contribution in [1.82, 2.24) is 21.0 Å². The number of allylic oxidation sites excluding steroid dienone is 3. The molecule has 0 aromatic heterocycles. The molecule has 2 fully saturated rings. The molecular weight excluding hydrogens is 540 g/mol. The molecule has 0 aromatic carbocycles. The molecule has 0 aromatic rings. The first-order chi connectivity index (χ1) is 19.2. The minimum Gasteiger partial charge on any atom is -0.495 e. The number of ether oxygens (including phenoxy) is 2. The van der Waals surface area contributed by atoms with Crippen LogP contribution in [0.3, 0.4) is 0 Å². The molecule has 2 atom stereocenters. The van der Waals surface area contributed by atoms with E-state index in [9.17, 15) is 18.7 Å². The highest BCUT2D eigenvalue weighted by molar-refractivity contribution is 8.00. The number of methoxy groups -OCH3 is 1. The van der Waals surface area contributed by atoms with Crippen LogP contribution in [0.2, 0.25) is 0 Å². The maximum Gasteiger partial charge on any atom is 0.261 e. The summed E-state index contributed by atoms with van der Waals surface area (Å²) in [5, 5.41) is 16.0. The zero-order valence-corrected chi connectivity index (χ0v) is 23.4. The van der Waals surface area contributed by atoms with Crippen molar-refractivity contribution in [3.05, 3.63) is 46.5 Å². The van der Waals surface area contributed by atoms with E-state index < -0.39 is 18.1 Å². The molecule has 4 rings (SSSR count). The fraction of sp³-hybridized carbons (Fsp3) is 0.536. The Hall–Kier alpha value is -3.00. The number of thioether (sulfide) groups is 1. The van der Waals surface area contributed by atoms with Crippen LogP contribution in [0.1, 0.15) is 25.7 Å². The van der Waals surface area contributed by atoms with Crippen LogP contribution in [0.5, 0.6) is 0 Å². The molecule has 0 spiro atoms. The zero-order valence-electron chi connectivity index (χ0n) is 22.6. The summed E-state index contributed by atoms with van der Waals surface area (Å²) in [6.45, 7) is 0.989. The van der Waals surface area contributed by atoms with Gasteiger partial charge >= 0.3 is 0 Å². The number of halogens is 2. The lowest BCUT2D eigenvalue weighted by atomic mass is 9.90. The summed E-state index contributed by atoms with van der Waals surface area (Å²) < 4.78 is 38.1. The third-order valence-corrected chi connectivity index (χ3v) is 7.76. The maximum absolute atomic E-state index is 13.7. The molecule has 1 aliphatic carbocycles. The normalized spacial score (nSPS) is 22.9. The number of hydrogen-bond acceptors (Lipinski definition) is 9. The predicted octanol–water partition coefficient (Wildman–Crippen LogP) is 1.32. The Morgan fingerprint density at radius 3 is 2.80 bits per heavy atom. The van der Waals surface area contributed by atoms with Gasteiger partial charge in [-0.25, -0.2) is 14.2 Å². The first kappa shape index (κ1) is 30.0. The molecule has 216 valence electrons. The number of amides is 1. The number of nitrogens with one attached hydrogen (secondary N) is 3. The Bertz CT molecular complexity index is 1220. The van der Waals surface area contributed by atoms with Crippen molar-refractivity contribution >= 4 is 17.7 Å². The van der Waals surface area contributed by atoms with Crippen LogP contribution in [0.15, 0.2) is 46.5 Å². The van der Waals surface area contributed by atoms with Crippen LogP contribution in [-0.4, -0.2) is 79.1 Å². The summed E-state index contributed by atoms with van der Waals surface area (Å²) in [5.41, 5.74) is 3.14. The van der Waals surface area contributed by atoms with E-state index in [-0.39, 0.29) is 23.7 Å². The van der Waals surface area contributed by atoms with Crippen molar-refractivity contribution in [2.45, 2.75) is 49.1 Å². The molecular formula is C28H35F2N5O4S. The van der Waals surface area contributed by atoms with Crippen LogP contribution >= 0.6 is 11.8 Å². The minimum atomic E-state index is -2.67. The second kappa shape index (κ2) is 13.6. The number of aliphatic hydroxyl groups is 1. The highest BCUT2D eigenvalue weighted by Gasteiger charge is 2.31. The smallest absolute Gasteiger partial charge is 0.261 e. The van der Waals surface area contributed by atoms with Gasteiger partial charge in [-0.3, -0.25) is 10.6 Å². The average Bonchev–Trinajstić information content (AvgIpc) is 3.78. The zero-order chi connectivity index (χ0) is 28.7. The predicted molar refractivity (Wildman–Crippen MR) is 149 cm³/mol. The molecule has 3 heterocycles. The first-order valence-corrected chi connectivity index (χ1v) is 14.1. The summed E-state index contributed by atoms with van der Waals surface area (Å²) in [4.78, 5) is 15.2. The maximum atomic E-state index is 13.7. The second-order valence-electron chi connectivity index (χ2n) is 9.92. The van der Waals surface area contributed by atoms with Gasteiger partial charge in [-0.1, -0.05) is 17.8 Å². The van der Waals surface area contributed by atoms with E-state index in [1.807, 2.05) is 0 Å². The molecule has 40 heavy (non-hydrogen) atoms. The molecule has 1 saturated heterocycles. The lowest BCUT2D eigenvalue weighted by molar-refractivity contribution is -0.117. The second-order valence-corrected chi connectivity index (χ2v) is 11.0. The Labute approximate surface area is 237 Å². The summed E-state index contributed by atoms with van der Waals surface area (Å²) in [5.74, 6) is 18.4. The summed E-state index contributed by atoms with van der Waals surface area (Å²) in [6, 6.07) is -1.26. The summed E-state index contributed by atoms with van der Waals surface area (Å²) in [6.07, 6.45) is 4.72. The summed E-state index contributed by atoms with van der Waals surface area (Å²) >= 11 is 1.34. The Kier molecular flexibility index (Phi) is 10.2. The molecule has 4 aliphatic rings. The first-order valence-electron chi connectivity index (χ1n) is 13.1. The third-order valence-electron chi connectivity index (χ3n) is 6.86. The lowest BCUT2D eigenvalue weighted by Gasteiger charge is -2.31. The number of carbonyl (C=O) groups excluding carboxylic acids is 1. The number of dihydropyridines is 1. The van der Waals surface area contributed by atoms with Crippen molar-refractivity contribution < 1.29 is 28.2 Å². The molecule has 1 amide bonds. The van der Waals surface area contributed by atoms with Crippen molar-refractivity contribution in [2.24, 2.45) is 11.8 Å². The molecule has 2 unspecified atom stereocenters. The fourth-order valence-corrected chi connectivity index (χ4v) is 4.90. The van der Waals surface area contributed by atoms with Gasteiger partial charge in [0.25, 0.3) is 6.43 Å². The van der Waals surface area contributed by atoms with Gasteiger partial charge in [0, 0.05) is 49.7 Å². The monoisotopic (exact) mass is 575 g/mol. The van der Waals surface area contributed by atoms with Crippen LogP contribution in [0.25, 0.3) is 0 Å². The minimum absolute atomic E-state index is 0.162. The quantitative estimate of drug-likeness (QED) is 0.126. The average molecular weight is 576 g/mol. The molecule has 0 radical (unpaired) electrons. The molecule has 12 heteroatoms. The highest BCUT2D eigenvalue weighted by Crippen LogP contribution is 2.33. The number of rotatable bonds is 8. The standard InChI is InChI=1S/C28H35F2N5O4S/c1-35-16-22(27(36)33-17-40-25(34-31)6-5-18-3-4-18)20(21-14-23(26(29)30)32-15-24(21)38-2)13-19(35)7-8-28(37)9-11-39-12-10-28/h13-15,18,23,25-26,32,34,37H,3-4,9-12,16-17,31H2,1-2H3,(H,33,36). The molecule has 0 bridgehead atoms. The number of likely N-dealkylation sites (N-methyl/N-ethyl adjacent to an activating group) is 1. The van der Waals surface area contributed by atoms with Crippen molar-refractivity contribution in [3.63, 3.8) is 0 Å². The van der Waals surface area contributed by atoms with E-state index in [1.165, 1.54) is 31.1 Å². The van der Waals surface area contributed by atoms with E-state index >= 15 is 0 Å². The number of hydrazine groups is 1. The van der Waals surface area contributed by atoms with Crippen molar-refractivity contribution in [2.75, 3.05) is 39.8 Å². The van der Waals surface area contributed by atoms with E-state index in [4.69, 9.17) is 15.3 Å². The van der Waals surface area contributed by atoms with Gasteiger partial charge in [0.15, 0.2) is 0 Å². The van der Waals surface area contributed by atoms with Crippen LogP contribution in [0, 0.1) is 29.6 Å². The number of alkyl halides is 2. The SMILES string of the molecule is COC1=CNC(C(F)F)C=C1C1=C(C(=O)NCSC(C#CC2CC2)NN)CN(C)C(C#CC2(O)CCOCC2)=C1. The van der Waals surface area contributed by atoms with Gasteiger partial charge in [0.2, 0.25) is 5.91 Å². The Balaban J connectivity index is 1.63. The van der Waals surface area contributed by atoms with Crippen LogP contribution < -0.4 is 21.9 Å². The van der Waals surface area contributed by atoms with Crippen molar-refractivity contribution in [3.8, 4) is 23.7 Å². The highest BCUT2D eigenvalue weighted by atomic mass is 32.2. The Morgan fingerprint density at radius 2 is 2.15 bits per heavy atom. The summed E-state index contributed by atoms with van der Waals surface area (Å²) in [7, 11) is 3.21. The molecule has 9 nitrogen and oxygen atoms in total. The Morgan fingerprint density at radius 1 is 1.40 bits per heavy atom. The number of carbonyl (C=O) groups is 1. The van der Waals surface area contributed by atoms with Gasteiger partial charge in [0.05, 0.1) is 31.9 Å². The molecule has 6 N–H and O–H groups in total. The topological polar surface area (TPSA) is 121 Å². The van der Waals surface area contributed by atoms with E-state index in [2.05, 4.69) is 39.7 Å². The van der Waals surface area contributed by atoms with Gasteiger partial charge in [-0.05, 0) is 36.5 Å². The number of nitrogens with two attached hydrogens (primary N) is 1. The lowest BCUT2D eigenvalue weighted by Crippen LogP contribution is -2.38. The fourth-order valence-electron chi connectivity index (χ4n) is 4.27. The van der Waals surface area contributed by atoms with Gasteiger partial charge in [-0.2, -0.15) is 0 Å². The van der Waals surface area contributed by atoms with Crippen molar-refractivity contribution in [1.29, 1.82) is 0 Å². The van der Waals surface area contributed by atoms with E-state index in [0.29, 0.717) is 60.1 Å². The van der Waals surface area contributed by atoms with E-state index in [1.54, 1.807) is 18.0 Å². The third kappa shape index (κ3) is 7.80. The van der Waals surface area contributed by atoms with Gasteiger partial charge in [-0.15, -0.1) is 11.8 Å². The number of hydrogen-bond donors (Lipinski definition) is 5. The van der Waals surface area contributed by atoms with Gasteiger partial charge in [0.1, 0.15) is 22.8 Å². The van der Waals surface area contributed by atoms with Gasteiger partial charge < -0.3 is 30.1 Å². The molecule has 1 saturated carbocycles. The van der Waals surface area contributed by atoms with Crippen LogP contribution in [0.4, 0.5) is 8.78 Å².